The van der Waals surface area contributed by atoms with E-state index in [0.29, 0.717) is 5.75 Å². The molecule has 126 valence electrons. The van der Waals surface area contributed by atoms with Crippen LogP contribution in [0.2, 0.25) is 0 Å². The first-order valence-electron chi connectivity index (χ1n) is 7.90. The van der Waals surface area contributed by atoms with Crippen molar-refractivity contribution in [2.75, 3.05) is 11.1 Å². The van der Waals surface area contributed by atoms with E-state index < -0.39 is 0 Å². The maximum absolute atomic E-state index is 12.7. The average molecular weight is 341 g/mol. The second kappa shape index (κ2) is 7.67. The topological polar surface area (TPSA) is 46.2 Å². The highest BCUT2D eigenvalue weighted by Gasteiger charge is 2.16. The molecule has 0 aliphatic carbocycles. The molecular weight excluding hydrogens is 318 g/mol. The molecule has 0 radical (unpaired) electrons. The highest BCUT2D eigenvalue weighted by Crippen LogP contribution is 2.26. The molecule has 3 nitrogen and oxygen atoms in total. The fourth-order valence-corrected chi connectivity index (χ4v) is 3.46. The standard InChI is InChI=1S/C20H23NO2S/c1-12-10-13(2)15(4)20(14(12)3)19(23)11-24-18-8-6-17(7-9-18)21-16(5)22/h6-10H,11H2,1-5H3,(H,21,22). The quantitative estimate of drug-likeness (QED) is 0.624. The number of nitrogens with one attached hydrogen (secondary N) is 1. The Morgan fingerprint density at radius 3 is 2.00 bits per heavy atom. The summed E-state index contributed by atoms with van der Waals surface area (Å²) >= 11 is 1.52. The summed E-state index contributed by atoms with van der Waals surface area (Å²) in [5.74, 6) is 0.475. The Labute approximate surface area is 147 Å². The van der Waals surface area contributed by atoms with Crippen molar-refractivity contribution in [2.24, 2.45) is 0 Å². The monoisotopic (exact) mass is 341 g/mol. The third-order valence-corrected chi connectivity index (χ3v) is 5.20. The van der Waals surface area contributed by atoms with Gasteiger partial charge in [-0.2, -0.15) is 0 Å². The van der Waals surface area contributed by atoms with E-state index in [0.717, 1.165) is 38.4 Å². The molecule has 0 aliphatic rings. The minimum absolute atomic E-state index is 0.0913. The Bertz CT molecular complexity index is 753. The highest BCUT2D eigenvalue weighted by molar-refractivity contribution is 8.00. The van der Waals surface area contributed by atoms with Gasteiger partial charge in [-0.1, -0.05) is 6.07 Å². The number of amides is 1. The molecule has 0 saturated heterocycles. The van der Waals surface area contributed by atoms with Crippen LogP contribution in [0, 0.1) is 27.7 Å². The number of rotatable bonds is 5. The number of benzene rings is 2. The fourth-order valence-electron chi connectivity index (χ4n) is 2.69. The molecule has 24 heavy (non-hydrogen) atoms. The zero-order valence-corrected chi connectivity index (χ0v) is 15.6. The zero-order valence-electron chi connectivity index (χ0n) is 14.8. The van der Waals surface area contributed by atoms with Crippen LogP contribution in [-0.2, 0) is 4.79 Å². The number of ketones is 1. The number of hydrogen-bond acceptors (Lipinski definition) is 3. The Morgan fingerprint density at radius 1 is 0.958 bits per heavy atom. The molecule has 4 heteroatoms. The van der Waals surface area contributed by atoms with Gasteiger partial charge in [0.15, 0.2) is 5.78 Å². The van der Waals surface area contributed by atoms with E-state index in [2.05, 4.69) is 11.4 Å². The van der Waals surface area contributed by atoms with Crippen molar-refractivity contribution < 1.29 is 9.59 Å². The van der Waals surface area contributed by atoms with Crippen LogP contribution >= 0.6 is 11.8 Å². The van der Waals surface area contributed by atoms with Crippen molar-refractivity contribution in [3.63, 3.8) is 0 Å². The summed E-state index contributed by atoms with van der Waals surface area (Å²) in [7, 11) is 0. The van der Waals surface area contributed by atoms with Crippen LogP contribution in [-0.4, -0.2) is 17.4 Å². The van der Waals surface area contributed by atoms with Gasteiger partial charge >= 0.3 is 0 Å². The summed E-state index contributed by atoms with van der Waals surface area (Å²) < 4.78 is 0. The summed E-state index contributed by atoms with van der Waals surface area (Å²) in [6, 6.07) is 9.67. The molecule has 0 unspecified atom stereocenters. The SMILES string of the molecule is CC(=O)Nc1ccc(SCC(=O)c2c(C)c(C)cc(C)c2C)cc1. The first-order chi connectivity index (χ1) is 11.3. The largest absolute Gasteiger partial charge is 0.326 e. The number of thioether (sulfide) groups is 1. The van der Waals surface area contributed by atoms with E-state index in [4.69, 9.17) is 0 Å². The lowest BCUT2D eigenvalue weighted by Crippen LogP contribution is -2.10. The first kappa shape index (κ1) is 18.3. The van der Waals surface area contributed by atoms with Gasteiger partial charge in [0.2, 0.25) is 5.91 Å². The van der Waals surface area contributed by atoms with Crippen molar-refractivity contribution in [3.05, 3.63) is 58.1 Å². The Morgan fingerprint density at radius 2 is 1.50 bits per heavy atom. The van der Waals surface area contributed by atoms with Crippen LogP contribution in [0.5, 0.6) is 0 Å². The van der Waals surface area contributed by atoms with Crippen molar-refractivity contribution in [3.8, 4) is 0 Å². The van der Waals surface area contributed by atoms with E-state index in [9.17, 15) is 9.59 Å². The number of aryl methyl sites for hydroxylation is 2. The lowest BCUT2D eigenvalue weighted by Gasteiger charge is -2.14. The fraction of sp³-hybridized carbons (Fsp3) is 0.300. The van der Waals surface area contributed by atoms with Crippen molar-refractivity contribution in [1.82, 2.24) is 0 Å². The van der Waals surface area contributed by atoms with Crippen LogP contribution in [0.25, 0.3) is 0 Å². The second-order valence-corrected chi connectivity index (χ2v) is 7.10. The molecule has 0 heterocycles. The molecule has 0 spiro atoms. The van der Waals surface area contributed by atoms with Gasteiger partial charge in [0.25, 0.3) is 0 Å². The molecular formula is C20H23NO2S. The number of carbonyl (C=O) groups is 2. The van der Waals surface area contributed by atoms with Gasteiger partial charge in [-0.15, -0.1) is 11.8 Å². The molecule has 0 fully saturated rings. The molecule has 0 aliphatic heterocycles. The van der Waals surface area contributed by atoms with Crippen molar-refractivity contribution >= 4 is 29.1 Å². The normalized spacial score (nSPS) is 10.5. The maximum atomic E-state index is 12.7. The van der Waals surface area contributed by atoms with Crippen LogP contribution in [0.1, 0.15) is 39.5 Å². The van der Waals surface area contributed by atoms with E-state index in [1.54, 1.807) is 0 Å². The van der Waals surface area contributed by atoms with Crippen LogP contribution in [0.4, 0.5) is 5.69 Å². The smallest absolute Gasteiger partial charge is 0.221 e. The molecule has 0 bridgehead atoms. The van der Waals surface area contributed by atoms with Gasteiger partial charge in [0, 0.05) is 23.1 Å². The van der Waals surface area contributed by atoms with E-state index >= 15 is 0 Å². The van der Waals surface area contributed by atoms with Crippen LogP contribution in [0.3, 0.4) is 0 Å². The number of hydrogen-bond donors (Lipinski definition) is 1. The molecule has 1 amide bonds. The third-order valence-electron chi connectivity index (χ3n) is 4.19. The van der Waals surface area contributed by atoms with Crippen molar-refractivity contribution in [2.45, 2.75) is 39.5 Å². The number of carbonyl (C=O) groups excluding carboxylic acids is 2. The molecule has 0 saturated carbocycles. The van der Waals surface area contributed by atoms with Crippen LogP contribution in [0.15, 0.2) is 35.2 Å². The molecule has 0 atom stereocenters. The predicted octanol–water partition coefficient (Wildman–Crippen LogP) is 4.85. The summed E-state index contributed by atoms with van der Waals surface area (Å²) in [5.41, 5.74) is 6.08. The average Bonchev–Trinajstić information content (AvgIpc) is 2.52. The first-order valence-corrected chi connectivity index (χ1v) is 8.89. The van der Waals surface area contributed by atoms with Gasteiger partial charge in [-0.3, -0.25) is 9.59 Å². The number of Topliss-reactive ketones (excluding diaryl/α,β-unsaturated/α-hetero) is 1. The summed E-state index contributed by atoms with van der Waals surface area (Å²) in [6.45, 7) is 9.61. The Balaban J connectivity index is 2.10. The summed E-state index contributed by atoms with van der Waals surface area (Å²) in [5, 5.41) is 2.73. The zero-order chi connectivity index (χ0) is 17.9. The molecule has 1 N–H and O–H groups in total. The Kier molecular flexibility index (Phi) is 5.84. The highest BCUT2D eigenvalue weighted by atomic mass is 32.2. The predicted molar refractivity (Wildman–Crippen MR) is 101 cm³/mol. The lowest BCUT2D eigenvalue weighted by atomic mass is 9.92. The molecule has 2 aromatic rings. The number of anilines is 1. The molecule has 0 aromatic heterocycles. The van der Waals surface area contributed by atoms with Gasteiger partial charge in [0.05, 0.1) is 5.75 Å². The molecule has 2 aromatic carbocycles. The van der Waals surface area contributed by atoms with Gasteiger partial charge in [-0.25, -0.2) is 0 Å². The minimum atomic E-state index is -0.0913. The van der Waals surface area contributed by atoms with Gasteiger partial charge in [-0.05, 0) is 74.2 Å². The van der Waals surface area contributed by atoms with E-state index in [1.165, 1.54) is 18.7 Å². The Hall–Kier alpha value is -2.07. The molecule has 2 rings (SSSR count). The second-order valence-electron chi connectivity index (χ2n) is 6.05. The summed E-state index contributed by atoms with van der Waals surface area (Å²) in [6.07, 6.45) is 0. The third kappa shape index (κ3) is 4.26. The van der Waals surface area contributed by atoms with Crippen LogP contribution < -0.4 is 5.32 Å². The minimum Gasteiger partial charge on any atom is -0.326 e. The van der Waals surface area contributed by atoms with E-state index in [1.807, 2.05) is 52.0 Å². The van der Waals surface area contributed by atoms with Gasteiger partial charge < -0.3 is 5.32 Å². The lowest BCUT2D eigenvalue weighted by molar-refractivity contribution is -0.114. The summed E-state index contributed by atoms with van der Waals surface area (Å²) in [4.78, 5) is 24.7. The maximum Gasteiger partial charge on any atom is 0.221 e. The van der Waals surface area contributed by atoms with Gasteiger partial charge in [0.1, 0.15) is 0 Å². The van der Waals surface area contributed by atoms with Crippen molar-refractivity contribution in [1.29, 1.82) is 0 Å². The van der Waals surface area contributed by atoms with E-state index in [-0.39, 0.29) is 11.7 Å².